The lowest BCUT2D eigenvalue weighted by Gasteiger charge is -2.15. The van der Waals surface area contributed by atoms with E-state index in [-0.39, 0.29) is 5.91 Å². The third-order valence-electron chi connectivity index (χ3n) is 5.52. The predicted molar refractivity (Wildman–Crippen MR) is 122 cm³/mol. The van der Waals surface area contributed by atoms with Crippen LogP contribution in [0.15, 0.2) is 24.3 Å². The zero-order chi connectivity index (χ0) is 20.9. The van der Waals surface area contributed by atoms with E-state index in [0.29, 0.717) is 12.5 Å². The molecule has 0 aromatic heterocycles. The van der Waals surface area contributed by atoms with Gasteiger partial charge in [-0.3, -0.25) is 4.79 Å². The summed E-state index contributed by atoms with van der Waals surface area (Å²) in [6.07, 6.45) is 9.20. The molecule has 0 bridgehead atoms. The van der Waals surface area contributed by atoms with Crippen molar-refractivity contribution in [2.75, 3.05) is 27.2 Å². The van der Waals surface area contributed by atoms with Crippen molar-refractivity contribution in [3.63, 3.8) is 0 Å². The third-order valence-corrected chi connectivity index (χ3v) is 5.52. The highest BCUT2D eigenvalue weighted by Gasteiger charge is 2.09. The fourth-order valence-corrected chi connectivity index (χ4v) is 3.63. The van der Waals surface area contributed by atoms with Gasteiger partial charge < -0.3 is 10.2 Å². The van der Waals surface area contributed by atoms with Crippen molar-refractivity contribution in [3.05, 3.63) is 35.4 Å². The number of rotatable bonds is 14. The van der Waals surface area contributed by atoms with Crippen molar-refractivity contribution < 1.29 is 4.79 Å². The normalized spacial score (nSPS) is 13.7. The highest BCUT2D eigenvalue weighted by Crippen LogP contribution is 2.21. The van der Waals surface area contributed by atoms with Crippen molar-refractivity contribution in [1.82, 2.24) is 10.2 Å². The quantitative estimate of drug-likeness (QED) is 0.437. The van der Waals surface area contributed by atoms with Crippen molar-refractivity contribution >= 4 is 5.91 Å². The molecule has 0 aliphatic carbocycles. The largest absolute Gasteiger partial charge is 0.351 e. The van der Waals surface area contributed by atoms with E-state index in [9.17, 15) is 4.79 Å². The monoisotopic (exact) mass is 388 g/mol. The summed E-state index contributed by atoms with van der Waals surface area (Å²) < 4.78 is 0. The van der Waals surface area contributed by atoms with Crippen LogP contribution >= 0.6 is 0 Å². The number of amides is 1. The third kappa shape index (κ3) is 11.5. The Morgan fingerprint density at radius 2 is 1.46 bits per heavy atom. The molecule has 0 aliphatic heterocycles. The van der Waals surface area contributed by atoms with Crippen LogP contribution in [0.3, 0.4) is 0 Å². The van der Waals surface area contributed by atoms with Gasteiger partial charge in [0.2, 0.25) is 0 Å². The Labute approximate surface area is 174 Å². The maximum atomic E-state index is 12.1. The summed E-state index contributed by atoms with van der Waals surface area (Å²) in [7, 11) is 4.02. The summed E-state index contributed by atoms with van der Waals surface area (Å²) in [5.41, 5.74) is 2.09. The minimum atomic E-state index is 0.0212. The molecule has 28 heavy (non-hydrogen) atoms. The molecule has 3 heteroatoms. The Kier molecular flexibility index (Phi) is 12.1. The van der Waals surface area contributed by atoms with Gasteiger partial charge in [0, 0.05) is 18.7 Å². The first-order chi connectivity index (χ1) is 13.3. The van der Waals surface area contributed by atoms with E-state index >= 15 is 0 Å². The van der Waals surface area contributed by atoms with Gasteiger partial charge in [0.1, 0.15) is 0 Å². The van der Waals surface area contributed by atoms with E-state index in [2.05, 4.69) is 50.0 Å². The molecule has 2 unspecified atom stereocenters. The minimum absolute atomic E-state index is 0.0212. The zero-order valence-corrected chi connectivity index (χ0v) is 19.3. The lowest BCUT2D eigenvalue weighted by molar-refractivity contribution is 0.0951. The molecule has 0 heterocycles. The smallest absolute Gasteiger partial charge is 0.251 e. The first-order valence-corrected chi connectivity index (χ1v) is 11.3. The average molecular weight is 389 g/mol. The molecular formula is C25H44N2O. The molecule has 0 saturated carbocycles. The first-order valence-electron chi connectivity index (χ1n) is 11.3. The average Bonchev–Trinajstić information content (AvgIpc) is 2.61. The molecular weight excluding hydrogens is 344 g/mol. The molecule has 1 amide bonds. The molecule has 1 rings (SSSR count). The topological polar surface area (TPSA) is 32.3 Å². The highest BCUT2D eigenvalue weighted by molar-refractivity contribution is 5.94. The molecule has 1 aromatic rings. The van der Waals surface area contributed by atoms with Crippen LogP contribution in [0.2, 0.25) is 0 Å². The van der Waals surface area contributed by atoms with Crippen LogP contribution in [0.1, 0.15) is 82.1 Å². The fraction of sp³-hybridized carbons (Fsp3) is 0.720. The molecule has 1 aromatic carbocycles. The van der Waals surface area contributed by atoms with E-state index in [4.69, 9.17) is 0 Å². The molecule has 0 aliphatic rings. The summed E-state index contributed by atoms with van der Waals surface area (Å²) >= 11 is 0. The van der Waals surface area contributed by atoms with E-state index in [1.807, 2.05) is 26.2 Å². The molecule has 0 saturated heterocycles. The lowest BCUT2D eigenvalue weighted by Crippen LogP contribution is -2.31. The van der Waals surface area contributed by atoms with Gasteiger partial charge in [-0.25, -0.2) is 0 Å². The second-order valence-electron chi connectivity index (χ2n) is 9.43. The van der Waals surface area contributed by atoms with Gasteiger partial charge >= 0.3 is 0 Å². The molecule has 0 fully saturated rings. The summed E-state index contributed by atoms with van der Waals surface area (Å²) in [5.74, 6) is 2.41. The van der Waals surface area contributed by atoms with Gasteiger partial charge in [0.15, 0.2) is 0 Å². The second-order valence-corrected chi connectivity index (χ2v) is 9.43. The Hall–Kier alpha value is -1.35. The number of carbonyl (C=O) groups is 1. The molecule has 2 atom stereocenters. The minimum Gasteiger partial charge on any atom is -0.351 e. The maximum absolute atomic E-state index is 12.1. The summed E-state index contributed by atoms with van der Waals surface area (Å²) in [5, 5.41) is 2.97. The lowest BCUT2D eigenvalue weighted by atomic mass is 9.91. The SMILES string of the molecule is CC(C)CCCC(C)CCCC(C)Cc1ccc(C(=O)NCCN(C)C)cc1. The number of hydrogen-bond acceptors (Lipinski definition) is 2. The maximum Gasteiger partial charge on any atom is 0.251 e. The number of hydrogen-bond donors (Lipinski definition) is 1. The number of carbonyl (C=O) groups excluding carboxylic acids is 1. The van der Waals surface area contributed by atoms with Gasteiger partial charge in [-0.2, -0.15) is 0 Å². The standard InChI is InChI=1S/C25H44N2O/c1-20(2)9-7-10-21(3)11-8-12-22(4)19-23-13-15-24(16-14-23)25(28)26-17-18-27(5)6/h13-16,20-22H,7-12,17-19H2,1-6H3,(H,26,28). The molecule has 0 spiro atoms. The zero-order valence-electron chi connectivity index (χ0n) is 19.3. The van der Waals surface area contributed by atoms with Gasteiger partial charge in [0.25, 0.3) is 5.91 Å². The summed E-state index contributed by atoms with van der Waals surface area (Å²) in [6, 6.07) is 8.16. The van der Waals surface area contributed by atoms with Crippen LogP contribution < -0.4 is 5.32 Å². The van der Waals surface area contributed by atoms with Crippen molar-refractivity contribution in [2.45, 2.75) is 72.6 Å². The summed E-state index contributed by atoms with van der Waals surface area (Å²) in [4.78, 5) is 14.2. The van der Waals surface area contributed by atoms with E-state index in [0.717, 1.165) is 30.4 Å². The Balaban J connectivity index is 2.27. The van der Waals surface area contributed by atoms with Gasteiger partial charge in [-0.1, -0.05) is 78.4 Å². The molecule has 1 N–H and O–H groups in total. The highest BCUT2D eigenvalue weighted by atomic mass is 16.1. The molecule has 3 nitrogen and oxygen atoms in total. The molecule has 160 valence electrons. The van der Waals surface area contributed by atoms with Crippen LogP contribution in [-0.4, -0.2) is 38.0 Å². The van der Waals surface area contributed by atoms with Crippen LogP contribution in [0.4, 0.5) is 0 Å². The summed E-state index contributed by atoms with van der Waals surface area (Å²) in [6.45, 7) is 10.9. The van der Waals surface area contributed by atoms with Crippen LogP contribution in [0.25, 0.3) is 0 Å². The van der Waals surface area contributed by atoms with Crippen LogP contribution in [-0.2, 0) is 6.42 Å². The van der Waals surface area contributed by atoms with Crippen LogP contribution in [0.5, 0.6) is 0 Å². The molecule has 0 radical (unpaired) electrons. The van der Waals surface area contributed by atoms with Gasteiger partial charge in [0.05, 0.1) is 0 Å². The van der Waals surface area contributed by atoms with Gasteiger partial charge in [-0.05, 0) is 56.0 Å². The van der Waals surface area contributed by atoms with E-state index < -0.39 is 0 Å². The Morgan fingerprint density at radius 3 is 2.04 bits per heavy atom. The van der Waals surface area contributed by atoms with Crippen molar-refractivity contribution in [3.8, 4) is 0 Å². The van der Waals surface area contributed by atoms with Crippen LogP contribution in [0, 0.1) is 17.8 Å². The van der Waals surface area contributed by atoms with E-state index in [1.54, 1.807) is 0 Å². The van der Waals surface area contributed by atoms with Crippen molar-refractivity contribution in [1.29, 1.82) is 0 Å². The first kappa shape index (κ1) is 24.7. The predicted octanol–water partition coefficient (Wildman–Crippen LogP) is 5.79. The second kappa shape index (κ2) is 13.8. The number of benzene rings is 1. The van der Waals surface area contributed by atoms with E-state index in [1.165, 1.54) is 44.1 Å². The fourth-order valence-electron chi connectivity index (χ4n) is 3.63. The Bertz CT molecular complexity index is 536. The number of nitrogens with zero attached hydrogens (tertiary/aromatic N) is 1. The van der Waals surface area contributed by atoms with Gasteiger partial charge in [-0.15, -0.1) is 0 Å². The van der Waals surface area contributed by atoms with Crippen molar-refractivity contribution in [2.24, 2.45) is 17.8 Å². The number of likely N-dealkylation sites (N-methyl/N-ethyl adjacent to an activating group) is 1. The number of nitrogens with one attached hydrogen (secondary N) is 1. The Morgan fingerprint density at radius 1 is 0.893 bits per heavy atom.